The smallest absolute Gasteiger partial charge is 0.137 e. The van der Waals surface area contributed by atoms with Gasteiger partial charge in [0, 0.05) is 19.6 Å². The van der Waals surface area contributed by atoms with Gasteiger partial charge in [-0.05, 0) is 23.3 Å². The molecule has 16 heavy (non-hydrogen) atoms. The molecule has 0 bridgehead atoms. The van der Waals surface area contributed by atoms with Gasteiger partial charge < -0.3 is 14.6 Å². The minimum Gasteiger partial charge on any atom is -0.495 e. The first-order valence-corrected chi connectivity index (χ1v) is 5.47. The Morgan fingerprint density at radius 3 is 2.56 bits per heavy atom. The lowest BCUT2D eigenvalue weighted by molar-refractivity contribution is 0.182. The molecule has 0 saturated heterocycles. The van der Waals surface area contributed by atoms with Crippen molar-refractivity contribution >= 4 is 11.6 Å². The van der Waals surface area contributed by atoms with Gasteiger partial charge in [-0.25, -0.2) is 0 Å². The van der Waals surface area contributed by atoms with E-state index < -0.39 is 0 Å². The van der Waals surface area contributed by atoms with Crippen LogP contribution >= 0.6 is 11.6 Å². The minimum absolute atomic E-state index is 0.0357. The summed E-state index contributed by atoms with van der Waals surface area (Å²) in [6.45, 7) is 2.50. The quantitative estimate of drug-likeness (QED) is 0.865. The molecule has 1 unspecified atom stereocenters. The summed E-state index contributed by atoms with van der Waals surface area (Å²) in [4.78, 5) is 0. The Balaban J connectivity index is 3.18. The van der Waals surface area contributed by atoms with Gasteiger partial charge in [-0.1, -0.05) is 18.5 Å². The Morgan fingerprint density at radius 1 is 1.38 bits per heavy atom. The summed E-state index contributed by atoms with van der Waals surface area (Å²) >= 11 is 6.06. The fraction of sp³-hybridized carbons (Fsp3) is 0.500. The van der Waals surface area contributed by atoms with E-state index in [9.17, 15) is 5.11 Å². The van der Waals surface area contributed by atoms with Crippen LogP contribution in [0.4, 0.5) is 0 Å². The average Bonchev–Trinajstić information content (AvgIpc) is 2.30. The Morgan fingerprint density at radius 2 is 2.06 bits per heavy atom. The molecular weight excluding hydrogens is 228 g/mol. The standard InChI is InChI=1S/C12H17ClO3/c1-8(6-14)10-5-11(13)12(16-3)4-9(10)7-15-2/h4-5,8,14H,6-7H2,1-3H3. The van der Waals surface area contributed by atoms with E-state index in [-0.39, 0.29) is 12.5 Å². The molecule has 0 fully saturated rings. The van der Waals surface area contributed by atoms with Gasteiger partial charge in [0.15, 0.2) is 0 Å². The number of ether oxygens (including phenoxy) is 2. The Kier molecular flexibility index (Phi) is 5.06. The summed E-state index contributed by atoms with van der Waals surface area (Å²) in [5.41, 5.74) is 1.99. The van der Waals surface area contributed by atoms with Gasteiger partial charge in [-0.2, -0.15) is 0 Å². The average molecular weight is 245 g/mol. The van der Waals surface area contributed by atoms with Crippen molar-refractivity contribution in [3.8, 4) is 5.75 Å². The zero-order valence-corrected chi connectivity index (χ0v) is 10.5. The fourth-order valence-electron chi connectivity index (χ4n) is 1.60. The number of rotatable bonds is 5. The van der Waals surface area contributed by atoms with E-state index in [0.29, 0.717) is 17.4 Å². The number of benzene rings is 1. The normalized spacial score (nSPS) is 12.6. The number of aliphatic hydroxyl groups is 1. The van der Waals surface area contributed by atoms with E-state index >= 15 is 0 Å². The number of hydrogen-bond donors (Lipinski definition) is 1. The van der Waals surface area contributed by atoms with Gasteiger partial charge in [-0.15, -0.1) is 0 Å². The van der Waals surface area contributed by atoms with E-state index in [1.54, 1.807) is 14.2 Å². The molecule has 0 aliphatic rings. The fourth-order valence-corrected chi connectivity index (χ4v) is 1.85. The number of hydrogen-bond acceptors (Lipinski definition) is 3. The maximum Gasteiger partial charge on any atom is 0.137 e. The van der Waals surface area contributed by atoms with Crippen molar-refractivity contribution in [3.63, 3.8) is 0 Å². The predicted octanol–water partition coefficient (Wildman–Crippen LogP) is 2.59. The summed E-state index contributed by atoms with van der Waals surface area (Å²) in [5, 5.41) is 9.74. The first-order chi connectivity index (χ1) is 7.63. The molecule has 0 radical (unpaired) electrons. The highest BCUT2D eigenvalue weighted by molar-refractivity contribution is 6.32. The molecule has 0 spiro atoms. The topological polar surface area (TPSA) is 38.7 Å². The van der Waals surface area contributed by atoms with Crippen LogP contribution in [0.3, 0.4) is 0 Å². The first kappa shape index (κ1) is 13.3. The molecule has 0 amide bonds. The van der Waals surface area contributed by atoms with Gasteiger partial charge in [0.25, 0.3) is 0 Å². The van der Waals surface area contributed by atoms with Crippen LogP contribution < -0.4 is 4.74 Å². The third kappa shape index (κ3) is 2.88. The van der Waals surface area contributed by atoms with Gasteiger partial charge in [0.05, 0.1) is 18.7 Å². The molecule has 0 aliphatic heterocycles. The molecule has 0 saturated carbocycles. The second-order valence-corrected chi connectivity index (χ2v) is 4.11. The lowest BCUT2D eigenvalue weighted by Gasteiger charge is -2.16. The molecule has 0 heterocycles. The lowest BCUT2D eigenvalue weighted by atomic mass is 9.96. The summed E-state index contributed by atoms with van der Waals surface area (Å²) < 4.78 is 10.3. The summed E-state index contributed by atoms with van der Waals surface area (Å²) in [6, 6.07) is 3.68. The molecule has 4 heteroatoms. The van der Waals surface area contributed by atoms with Crippen molar-refractivity contribution in [3.05, 3.63) is 28.3 Å². The Labute approximate surface area is 101 Å². The van der Waals surface area contributed by atoms with Gasteiger partial charge in [0.1, 0.15) is 5.75 Å². The first-order valence-electron chi connectivity index (χ1n) is 5.10. The number of halogens is 1. The maximum atomic E-state index is 9.18. The molecular formula is C12H17ClO3. The Bertz CT molecular complexity index is 352. The van der Waals surface area contributed by atoms with Crippen LogP contribution in [0.5, 0.6) is 5.75 Å². The lowest BCUT2D eigenvalue weighted by Crippen LogP contribution is -2.05. The van der Waals surface area contributed by atoms with Gasteiger partial charge in [-0.3, -0.25) is 0 Å². The zero-order valence-electron chi connectivity index (χ0n) is 9.79. The molecule has 3 nitrogen and oxygen atoms in total. The van der Waals surface area contributed by atoms with Gasteiger partial charge >= 0.3 is 0 Å². The predicted molar refractivity (Wildman–Crippen MR) is 64.2 cm³/mol. The second-order valence-electron chi connectivity index (χ2n) is 3.70. The van der Waals surface area contributed by atoms with Crippen LogP contribution in [0.2, 0.25) is 5.02 Å². The molecule has 1 N–H and O–H groups in total. The molecule has 90 valence electrons. The van der Waals surface area contributed by atoms with E-state index in [4.69, 9.17) is 21.1 Å². The van der Waals surface area contributed by atoms with Crippen LogP contribution in [-0.4, -0.2) is 25.9 Å². The van der Waals surface area contributed by atoms with E-state index in [1.807, 2.05) is 19.1 Å². The SMILES string of the molecule is COCc1cc(OC)c(Cl)cc1C(C)CO. The number of aliphatic hydroxyl groups excluding tert-OH is 1. The number of methoxy groups -OCH3 is 2. The van der Waals surface area contributed by atoms with E-state index in [1.165, 1.54) is 0 Å². The summed E-state index contributed by atoms with van der Waals surface area (Å²) in [7, 11) is 3.21. The molecule has 0 aliphatic carbocycles. The van der Waals surface area contributed by atoms with Crippen molar-refractivity contribution in [2.24, 2.45) is 0 Å². The van der Waals surface area contributed by atoms with Crippen molar-refractivity contribution in [1.82, 2.24) is 0 Å². The van der Waals surface area contributed by atoms with Crippen molar-refractivity contribution in [1.29, 1.82) is 0 Å². The van der Waals surface area contributed by atoms with Crippen molar-refractivity contribution in [2.45, 2.75) is 19.4 Å². The van der Waals surface area contributed by atoms with Crippen LogP contribution in [-0.2, 0) is 11.3 Å². The van der Waals surface area contributed by atoms with E-state index in [2.05, 4.69) is 0 Å². The minimum atomic E-state index is 0.0357. The molecule has 0 aromatic heterocycles. The van der Waals surface area contributed by atoms with Crippen molar-refractivity contribution in [2.75, 3.05) is 20.8 Å². The summed E-state index contributed by atoms with van der Waals surface area (Å²) in [6.07, 6.45) is 0. The highest BCUT2D eigenvalue weighted by Crippen LogP contribution is 2.32. The summed E-state index contributed by atoms with van der Waals surface area (Å²) in [5.74, 6) is 0.663. The second kappa shape index (κ2) is 6.09. The highest BCUT2D eigenvalue weighted by Gasteiger charge is 2.13. The zero-order chi connectivity index (χ0) is 12.1. The monoisotopic (exact) mass is 244 g/mol. The third-order valence-electron chi connectivity index (χ3n) is 2.52. The van der Waals surface area contributed by atoms with E-state index in [0.717, 1.165) is 11.1 Å². The van der Waals surface area contributed by atoms with Crippen LogP contribution in [0.25, 0.3) is 0 Å². The molecule has 1 aromatic rings. The molecule has 1 aromatic carbocycles. The van der Waals surface area contributed by atoms with Crippen molar-refractivity contribution < 1.29 is 14.6 Å². The van der Waals surface area contributed by atoms with Crippen LogP contribution in [0.1, 0.15) is 24.0 Å². The van der Waals surface area contributed by atoms with Crippen LogP contribution in [0, 0.1) is 0 Å². The molecule has 1 rings (SSSR count). The molecule has 1 atom stereocenters. The van der Waals surface area contributed by atoms with Crippen LogP contribution in [0.15, 0.2) is 12.1 Å². The highest BCUT2D eigenvalue weighted by atomic mass is 35.5. The largest absolute Gasteiger partial charge is 0.495 e. The Hall–Kier alpha value is -0.770. The van der Waals surface area contributed by atoms with Gasteiger partial charge in [0.2, 0.25) is 0 Å². The maximum absolute atomic E-state index is 9.18. The third-order valence-corrected chi connectivity index (χ3v) is 2.81.